The molecule has 0 aliphatic carbocycles. The van der Waals surface area contributed by atoms with Crippen molar-refractivity contribution in [2.75, 3.05) is 4.72 Å². The first-order chi connectivity index (χ1) is 14.9. The number of ketones is 1. The first-order valence-corrected chi connectivity index (χ1v) is 10.7. The zero-order chi connectivity index (χ0) is 22.0. The highest BCUT2D eigenvalue weighted by atomic mass is 35.5. The maximum Gasteiger partial charge on any atom is 0.205 e. The third-order valence-electron chi connectivity index (χ3n) is 4.57. The van der Waals surface area contributed by atoms with Gasteiger partial charge in [-0.05, 0) is 59.7 Å². The Morgan fingerprint density at radius 3 is 2.55 bits per heavy atom. The summed E-state index contributed by atoms with van der Waals surface area (Å²) in [6, 6.07) is 15.1. The van der Waals surface area contributed by atoms with E-state index < -0.39 is 22.6 Å². The number of anilines is 1. The Morgan fingerprint density at radius 2 is 1.81 bits per heavy atom. The standard InChI is InChI=1S/C24H14ClF2NO2S/c25-20-10-6-17(13-21(20)27)14-23-24(29)19-12-16(7-11-22(19)28-31(23)30)3-1-2-15-4-8-18(26)9-5-15/h4-14,28H,2H2/b23-14+. The Hall–Kier alpha value is -3.27. The third-order valence-corrected chi connectivity index (χ3v) is 5.98. The number of fused-ring (bicyclic) bond motifs is 1. The minimum absolute atomic E-state index is 0.00523. The van der Waals surface area contributed by atoms with E-state index in [1.165, 1.54) is 36.4 Å². The highest BCUT2D eigenvalue weighted by Gasteiger charge is 2.27. The predicted octanol–water partition coefficient (Wildman–Crippen LogP) is 5.53. The largest absolute Gasteiger partial charge is 0.300 e. The number of carbonyl (C=O) groups excluding carboxylic acids is 1. The molecule has 0 aromatic heterocycles. The van der Waals surface area contributed by atoms with Crippen molar-refractivity contribution in [2.24, 2.45) is 0 Å². The van der Waals surface area contributed by atoms with Gasteiger partial charge in [0.05, 0.1) is 10.7 Å². The van der Waals surface area contributed by atoms with Crippen molar-refractivity contribution >= 4 is 40.1 Å². The van der Waals surface area contributed by atoms with Crippen LogP contribution >= 0.6 is 11.6 Å². The van der Waals surface area contributed by atoms with Crippen molar-refractivity contribution < 1.29 is 17.8 Å². The summed E-state index contributed by atoms with van der Waals surface area (Å²) < 4.78 is 42.0. The van der Waals surface area contributed by atoms with Gasteiger partial charge in [-0.3, -0.25) is 4.79 Å². The molecule has 3 aromatic rings. The number of rotatable bonds is 2. The molecule has 3 aromatic carbocycles. The Morgan fingerprint density at radius 1 is 1.03 bits per heavy atom. The van der Waals surface area contributed by atoms with E-state index in [0.717, 1.165) is 5.56 Å². The zero-order valence-electron chi connectivity index (χ0n) is 15.9. The molecule has 1 N–H and O–H groups in total. The molecule has 0 spiro atoms. The van der Waals surface area contributed by atoms with E-state index in [2.05, 4.69) is 16.6 Å². The molecule has 0 saturated heterocycles. The second-order valence-electron chi connectivity index (χ2n) is 6.75. The fourth-order valence-electron chi connectivity index (χ4n) is 2.99. The van der Waals surface area contributed by atoms with Crippen molar-refractivity contribution in [1.29, 1.82) is 0 Å². The van der Waals surface area contributed by atoms with Crippen LogP contribution < -0.4 is 4.72 Å². The SMILES string of the molecule is O=C1/C(=C\c2ccc(Cl)c(F)c2)S(=O)Nc2ccc(C#CCc3ccc(F)cc3)cc21. The lowest BCUT2D eigenvalue weighted by Gasteiger charge is -2.19. The van der Waals surface area contributed by atoms with Gasteiger partial charge in [0.1, 0.15) is 16.5 Å². The van der Waals surface area contributed by atoms with Crippen LogP contribution in [0.1, 0.15) is 27.0 Å². The van der Waals surface area contributed by atoms with Crippen LogP contribution in [0, 0.1) is 23.5 Å². The molecule has 7 heteroatoms. The normalized spacial score (nSPS) is 16.3. The summed E-state index contributed by atoms with van der Waals surface area (Å²) >= 11 is 5.69. The minimum Gasteiger partial charge on any atom is -0.300 e. The van der Waals surface area contributed by atoms with Crippen LogP contribution in [0.4, 0.5) is 14.5 Å². The fraction of sp³-hybridized carbons (Fsp3) is 0.0417. The van der Waals surface area contributed by atoms with Gasteiger partial charge in [-0.2, -0.15) is 0 Å². The highest BCUT2D eigenvalue weighted by molar-refractivity contribution is 7.91. The van der Waals surface area contributed by atoms with Gasteiger partial charge in [0.25, 0.3) is 0 Å². The molecule has 0 bridgehead atoms. The van der Waals surface area contributed by atoms with Crippen molar-refractivity contribution in [3.8, 4) is 11.8 Å². The number of nitrogens with one attached hydrogen (secondary N) is 1. The molecule has 0 radical (unpaired) electrons. The van der Waals surface area contributed by atoms with Gasteiger partial charge in [-0.15, -0.1) is 0 Å². The number of hydrogen-bond acceptors (Lipinski definition) is 2. The van der Waals surface area contributed by atoms with E-state index in [9.17, 15) is 17.8 Å². The summed E-state index contributed by atoms with van der Waals surface area (Å²) in [6.07, 6.45) is 1.81. The van der Waals surface area contributed by atoms with Gasteiger partial charge in [0.2, 0.25) is 5.78 Å². The summed E-state index contributed by atoms with van der Waals surface area (Å²) in [5, 5.41) is -0.0365. The molecular weight excluding hydrogens is 440 g/mol. The van der Waals surface area contributed by atoms with Crippen molar-refractivity contribution in [2.45, 2.75) is 6.42 Å². The summed E-state index contributed by atoms with van der Waals surface area (Å²) in [5.74, 6) is 4.62. The number of Topliss-reactive ketones (excluding diaryl/α,β-unsaturated/α-hetero) is 1. The van der Waals surface area contributed by atoms with Crippen LogP contribution in [-0.2, 0) is 17.4 Å². The first kappa shape index (κ1) is 21.0. The van der Waals surface area contributed by atoms with E-state index in [1.807, 2.05) is 0 Å². The molecule has 0 amide bonds. The number of hydrogen-bond donors (Lipinski definition) is 1. The Bertz CT molecular complexity index is 1310. The van der Waals surface area contributed by atoms with E-state index >= 15 is 0 Å². The maximum absolute atomic E-state index is 13.7. The van der Waals surface area contributed by atoms with Crippen LogP contribution in [0.5, 0.6) is 0 Å². The fourth-order valence-corrected chi connectivity index (χ4v) is 4.12. The molecule has 31 heavy (non-hydrogen) atoms. The summed E-state index contributed by atoms with van der Waals surface area (Å²) in [4.78, 5) is 13.0. The molecule has 3 nitrogen and oxygen atoms in total. The van der Waals surface area contributed by atoms with Crippen LogP contribution in [0.15, 0.2) is 65.6 Å². The lowest BCUT2D eigenvalue weighted by molar-refractivity contribution is 0.104. The number of benzene rings is 3. The van der Waals surface area contributed by atoms with Gasteiger partial charge < -0.3 is 4.72 Å². The second-order valence-corrected chi connectivity index (χ2v) is 8.34. The predicted molar refractivity (Wildman–Crippen MR) is 119 cm³/mol. The van der Waals surface area contributed by atoms with E-state index in [4.69, 9.17) is 11.6 Å². The molecule has 1 aliphatic heterocycles. The Kier molecular flexibility index (Phi) is 5.99. The molecule has 1 aliphatic rings. The summed E-state index contributed by atoms with van der Waals surface area (Å²) in [7, 11) is -1.78. The van der Waals surface area contributed by atoms with E-state index in [0.29, 0.717) is 28.8 Å². The highest BCUT2D eigenvalue weighted by Crippen LogP contribution is 2.30. The van der Waals surface area contributed by atoms with Crippen molar-refractivity contribution in [1.82, 2.24) is 0 Å². The van der Waals surface area contributed by atoms with E-state index in [1.54, 1.807) is 30.3 Å². The summed E-state index contributed by atoms with van der Waals surface area (Å²) in [5.41, 5.74) is 2.63. The van der Waals surface area contributed by atoms with Gasteiger partial charge in [-0.25, -0.2) is 13.0 Å². The smallest absolute Gasteiger partial charge is 0.205 e. The lowest BCUT2D eigenvalue weighted by atomic mass is 10.0. The van der Waals surface area contributed by atoms with E-state index in [-0.39, 0.29) is 15.7 Å². The third kappa shape index (κ3) is 4.74. The Balaban J connectivity index is 1.60. The topological polar surface area (TPSA) is 46.2 Å². The van der Waals surface area contributed by atoms with Gasteiger partial charge >= 0.3 is 0 Å². The first-order valence-electron chi connectivity index (χ1n) is 9.18. The average molecular weight is 454 g/mol. The summed E-state index contributed by atoms with van der Waals surface area (Å²) in [6.45, 7) is 0. The van der Waals surface area contributed by atoms with Gasteiger partial charge in [0.15, 0.2) is 11.0 Å². The molecule has 0 saturated carbocycles. The molecule has 1 heterocycles. The number of carbonyl (C=O) groups is 1. The van der Waals surface area contributed by atoms with Crippen LogP contribution in [0.3, 0.4) is 0 Å². The van der Waals surface area contributed by atoms with Gasteiger partial charge in [-0.1, -0.05) is 41.6 Å². The van der Waals surface area contributed by atoms with Crippen molar-refractivity contribution in [3.05, 3.63) is 104 Å². The van der Waals surface area contributed by atoms with Crippen molar-refractivity contribution in [3.63, 3.8) is 0 Å². The van der Waals surface area contributed by atoms with Crippen LogP contribution in [0.25, 0.3) is 6.08 Å². The monoisotopic (exact) mass is 453 g/mol. The molecule has 4 rings (SSSR count). The zero-order valence-corrected chi connectivity index (χ0v) is 17.5. The molecule has 154 valence electrons. The average Bonchev–Trinajstić information content (AvgIpc) is 2.75. The van der Waals surface area contributed by atoms with Crippen LogP contribution in [-0.4, -0.2) is 9.99 Å². The van der Waals surface area contributed by atoms with Crippen LogP contribution in [0.2, 0.25) is 5.02 Å². The number of allylic oxidation sites excluding steroid dienone is 1. The second kappa shape index (κ2) is 8.84. The molecule has 1 unspecified atom stereocenters. The molecular formula is C24H14ClF2NO2S. The lowest BCUT2D eigenvalue weighted by Crippen LogP contribution is -2.22. The van der Waals surface area contributed by atoms with Gasteiger partial charge in [0, 0.05) is 17.5 Å². The quantitative estimate of drug-likeness (QED) is 0.410. The Labute approximate surface area is 185 Å². The number of halogens is 3. The molecule has 0 fully saturated rings. The molecule has 1 atom stereocenters. The minimum atomic E-state index is -1.78. The maximum atomic E-state index is 13.7.